The van der Waals surface area contributed by atoms with Crippen LogP contribution in [0.1, 0.15) is 29.8 Å². The lowest BCUT2D eigenvalue weighted by Crippen LogP contribution is -2.35. The minimum Gasteiger partial charge on any atom is -0.508 e. The Labute approximate surface area is 147 Å². The Morgan fingerprint density at radius 2 is 2.00 bits per heavy atom. The highest BCUT2D eigenvalue weighted by atomic mass is 32.1. The highest BCUT2D eigenvalue weighted by Crippen LogP contribution is 2.25. The van der Waals surface area contributed by atoms with Gasteiger partial charge in [-0.1, -0.05) is 12.1 Å². The number of thiophene rings is 1. The molecule has 8 heteroatoms. The van der Waals surface area contributed by atoms with E-state index in [2.05, 4.69) is 15.6 Å². The van der Waals surface area contributed by atoms with Crippen molar-refractivity contribution in [3.63, 3.8) is 0 Å². The lowest BCUT2D eigenvalue weighted by molar-refractivity contribution is -0.119. The van der Waals surface area contributed by atoms with Crippen molar-refractivity contribution in [2.45, 2.75) is 33.2 Å². The van der Waals surface area contributed by atoms with Gasteiger partial charge in [0.15, 0.2) is 4.83 Å². The van der Waals surface area contributed by atoms with E-state index in [-0.39, 0.29) is 17.2 Å². The number of carbonyl (C=O) groups is 1. The Bertz CT molecular complexity index is 992. The fraction of sp³-hybridized carbons (Fsp3) is 0.294. The number of nitrogens with zero attached hydrogens (tertiary/aromatic N) is 3. The number of anilines is 1. The van der Waals surface area contributed by atoms with E-state index in [0.717, 1.165) is 15.1 Å². The van der Waals surface area contributed by atoms with Crippen LogP contribution in [0.5, 0.6) is 5.75 Å². The molecular formula is C17H18N4O3S. The van der Waals surface area contributed by atoms with Crippen LogP contribution in [0.25, 0.3) is 10.2 Å². The lowest BCUT2D eigenvalue weighted by atomic mass is 10.2. The van der Waals surface area contributed by atoms with Gasteiger partial charge in [-0.05, 0) is 50.1 Å². The first kappa shape index (κ1) is 17.1. The summed E-state index contributed by atoms with van der Waals surface area (Å²) >= 11 is 1.42. The molecule has 0 fully saturated rings. The standard InChI is InChI=1S/C17H18N4O3S/c1-4-13(15(23)18-11-5-7-12(22)8-6-11)21-17(24)14-9(2)10(3)25-16(14)19-20-21/h5-8,13,22H,4H2,1-3H3,(H,18,23). The summed E-state index contributed by atoms with van der Waals surface area (Å²) < 4.78 is 1.15. The molecule has 1 aromatic carbocycles. The second-order valence-corrected chi connectivity index (χ2v) is 6.97. The largest absolute Gasteiger partial charge is 0.508 e. The molecule has 0 saturated carbocycles. The molecule has 1 amide bonds. The average molecular weight is 358 g/mol. The average Bonchev–Trinajstić information content (AvgIpc) is 2.88. The second-order valence-electron chi connectivity index (χ2n) is 5.76. The molecule has 3 aromatic rings. The number of fused-ring (bicyclic) bond motifs is 1. The maximum absolute atomic E-state index is 12.8. The van der Waals surface area contributed by atoms with Crippen molar-refractivity contribution in [2.24, 2.45) is 0 Å². The van der Waals surface area contributed by atoms with Gasteiger partial charge in [0.1, 0.15) is 11.8 Å². The smallest absolute Gasteiger partial charge is 0.279 e. The number of rotatable bonds is 4. The zero-order valence-corrected chi connectivity index (χ0v) is 14.9. The van der Waals surface area contributed by atoms with E-state index in [1.807, 2.05) is 20.8 Å². The van der Waals surface area contributed by atoms with Crippen LogP contribution in [0, 0.1) is 13.8 Å². The van der Waals surface area contributed by atoms with Gasteiger partial charge < -0.3 is 10.4 Å². The van der Waals surface area contributed by atoms with Gasteiger partial charge in [-0.3, -0.25) is 9.59 Å². The molecule has 0 aliphatic carbocycles. The van der Waals surface area contributed by atoms with Gasteiger partial charge in [0, 0.05) is 10.6 Å². The maximum atomic E-state index is 12.8. The summed E-state index contributed by atoms with van der Waals surface area (Å²) in [6, 6.07) is 5.37. The fourth-order valence-corrected chi connectivity index (χ4v) is 3.58. The van der Waals surface area contributed by atoms with Gasteiger partial charge in [-0.25, -0.2) is 0 Å². The SMILES string of the molecule is CCC(C(=O)Nc1ccc(O)cc1)n1nnc2sc(C)c(C)c2c1=O. The number of phenols is 1. The van der Waals surface area contributed by atoms with Crippen LogP contribution >= 0.6 is 11.3 Å². The zero-order valence-electron chi connectivity index (χ0n) is 14.1. The number of hydrogen-bond acceptors (Lipinski definition) is 6. The fourth-order valence-electron chi connectivity index (χ4n) is 2.62. The molecule has 0 aliphatic rings. The number of carbonyl (C=O) groups excluding carboxylic acids is 1. The van der Waals surface area contributed by atoms with Crippen LogP contribution in [-0.4, -0.2) is 26.0 Å². The molecule has 0 radical (unpaired) electrons. The molecule has 7 nitrogen and oxygen atoms in total. The van der Waals surface area contributed by atoms with Crippen molar-refractivity contribution in [3.05, 3.63) is 45.1 Å². The van der Waals surface area contributed by atoms with Crippen molar-refractivity contribution in [1.82, 2.24) is 15.0 Å². The molecule has 2 N–H and O–H groups in total. The summed E-state index contributed by atoms with van der Waals surface area (Å²) in [5.41, 5.74) is 1.10. The van der Waals surface area contributed by atoms with E-state index >= 15 is 0 Å². The zero-order chi connectivity index (χ0) is 18.1. The molecule has 130 valence electrons. The molecule has 0 bridgehead atoms. The van der Waals surface area contributed by atoms with Crippen molar-refractivity contribution >= 4 is 33.1 Å². The molecule has 0 aliphatic heterocycles. The third-order valence-electron chi connectivity index (χ3n) is 4.14. The number of nitrogens with one attached hydrogen (secondary N) is 1. The number of amides is 1. The predicted octanol–water partition coefficient (Wildman–Crippen LogP) is 2.77. The summed E-state index contributed by atoms with van der Waals surface area (Å²) in [5.74, 6) is -0.241. The second kappa shape index (κ2) is 6.64. The van der Waals surface area contributed by atoms with Gasteiger partial charge in [0.25, 0.3) is 5.56 Å². The molecule has 0 spiro atoms. The number of aromatic nitrogens is 3. The Kier molecular flexibility index (Phi) is 4.54. The van der Waals surface area contributed by atoms with Crippen LogP contribution in [0.2, 0.25) is 0 Å². The van der Waals surface area contributed by atoms with Crippen LogP contribution in [-0.2, 0) is 4.79 Å². The summed E-state index contributed by atoms with van der Waals surface area (Å²) in [6.45, 7) is 5.62. The Morgan fingerprint density at radius 1 is 1.32 bits per heavy atom. The molecule has 2 heterocycles. The van der Waals surface area contributed by atoms with Crippen molar-refractivity contribution in [2.75, 3.05) is 5.32 Å². The minimum absolute atomic E-state index is 0.112. The van der Waals surface area contributed by atoms with E-state index in [1.54, 1.807) is 12.1 Å². The van der Waals surface area contributed by atoms with Crippen molar-refractivity contribution in [1.29, 1.82) is 0 Å². The third kappa shape index (κ3) is 3.12. The highest BCUT2D eigenvalue weighted by Gasteiger charge is 2.24. The highest BCUT2D eigenvalue weighted by molar-refractivity contribution is 7.18. The molecular weight excluding hydrogens is 340 g/mol. The quantitative estimate of drug-likeness (QED) is 0.699. The van der Waals surface area contributed by atoms with Crippen molar-refractivity contribution < 1.29 is 9.90 Å². The molecule has 1 atom stereocenters. The van der Waals surface area contributed by atoms with E-state index < -0.39 is 6.04 Å². The van der Waals surface area contributed by atoms with Gasteiger partial charge in [-0.15, -0.1) is 16.4 Å². The van der Waals surface area contributed by atoms with Gasteiger partial charge in [0.05, 0.1) is 5.39 Å². The first-order valence-corrected chi connectivity index (χ1v) is 8.69. The third-order valence-corrected chi connectivity index (χ3v) is 5.23. The molecule has 2 aromatic heterocycles. The number of benzene rings is 1. The number of hydrogen-bond donors (Lipinski definition) is 2. The summed E-state index contributed by atoms with van der Waals surface area (Å²) in [5, 5.41) is 20.7. The summed E-state index contributed by atoms with van der Waals surface area (Å²) in [7, 11) is 0. The molecule has 1 unspecified atom stereocenters. The van der Waals surface area contributed by atoms with E-state index in [4.69, 9.17) is 0 Å². The topological polar surface area (TPSA) is 97.1 Å². The molecule has 25 heavy (non-hydrogen) atoms. The number of phenolic OH excluding ortho intramolecular Hbond substituents is 1. The maximum Gasteiger partial charge on any atom is 0.279 e. The van der Waals surface area contributed by atoms with E-state index in [0.29, 0.717) is 22.3 Å². The summed E-state index contributed by atoms with van der Waals surface area (Å²) in [6.07, 6.45) is 0.395. The van der Waals surface area contributed by atoms with Gasteiger partial charge in [0.2, 0.25) is 5.91 Å². The molecule has 3 rings (SSSR count). The molecule has 0 saturated heterocycles. The van der Waals surface area contributed by atoms with E-state index in [1.165, 1.54) is 23.5 Å². The van der Waals surface area contributed by atoms with Crippen LogP contribution in [0.3, 0.4) is 0 Å². The van der Waals surface area contributed by atoms with E-state index in [9.17, 15) is 14.7 Å². The summed E-state index contributed by atoms with van der Waals surface area (Å²) in [4.78, 5) is 27.0. The van der Waals surface area contributed by atoms with Gasteiger partial charge >= 0.3 is 0 Å². The predicted molar refractivity (Wildman–Crippen MR) is 97.2 cm³/mol. The first-order chi connectivity index (χ1) is 11.9. The lowest BCUT2D eigenvalue weighted by Gasteiger charge is -2.16. The number of aromatic hydroxyl groups is 1. The van der Waals surface area contributed by atoms with Crippen LogP contribution < -0.4 is 10.9 Å². The Balaban J connectivity index is 1.97. The monoisotopic (exact) mass is 358 g/mol. The van der Waals surface area contributed by atoms with Crippen LogP contribution in [0.15, 0.2) is 29.1 Å². The minimum atomic E-state index is -0.766. The first-order valence-electron chi connectivity index (χ1n) is 7.87. The van der Waals surface area contributed by atoms with Crippen LogP contribution in [0.4, 0.5) is 5.69 Å². The van der Waals surface area contributed by atoms with Gasteiger partial charge in [-0.2, -0.15) is 4.68 Å². The normalized spacial score (nSPS) is 12.3. The Hall–Kier alpha value is -2.74. The van der Waals surface area contributed by atoms with Crippen molar-refractivity contribution in [3.8, 4) is 5.75 Å². The number of aryl methyl sites for hydroxylation is 2. The Morgan fingerprint density at radius 3 is 2.64 bits per heavy atom.